The quantitative estimate of drug-likeness (QED) is 0.470. The molecule has 0 N–H and O–H groups in total. The molecule has 0 heterocycles. The number of allylic oxidation sites excluding steroid dienone is 1. The zero-order valence-electron chi connectivity index (χ0n) is 16.5. The molecule has 1 aromatic carbocycles. The summed E-state index contributed by atoms with van der Waals surface area (Å²) in [4.78, 5) is 0. The maximum atomic E-state index is 14.2. The van der Waals surface area contributed by atoms with Gasteiger partial charge in [-0.05, 0) is 86.0 Å². The van der Waals surface area contributed by atoms with Gasteiger partial charge < -0.3 is 0 Å². The summed E-state index contributed by atoms with van der Waals surface area (Å²) in [7, 11) is 0. The van der Waals surface area contributed by atoms with Crippen LogP contribution in [0.1, 0.15) is 88.2 Å². The van der Waals surface area contributed by atoms with Crippen LogP contribution in [0.4, 0.5) is 13.2 Å². The number of hydrogen-bond acceptors (Lipinski definition) is 0. The van der Waals surface area contributed by atoms with Crippen molar-refractivity contribution in [3.63, 3.8) is 0 Å². The first-order chi connectivity index (χ1) is 13.1. The third-order valence-corrected chi connectivity index (χ3v) is 7.01. The summed E-state index contributed by atoms with van der Waals surface area (Å²) >= 11 is 0. The van der Waals surface area contributed by atoms with Gasteiger partial charge in [-0.3, -0.25) is 0 Å². The fourth-order valence-electron chi connectivity index (χ4n) is 5.44. The number of benzene rings is 1. The average molecular weight is 379 g/mol. The maximum absolute atomic E-state index is 14.2. The van der Waals surface area contributed by atoms with Crippen molar-refractivity contribution in [3.05, 3.63) is 41.2 Å². The second-order valence-electron chi connectivity index (χ2n) is 8.63. The van der Waals surface area contributed by atoms with E-state index in [0.717, 1.165) is 42.2 Å². The molecular weight excluding hydrogens is 345 g/mol. The second-order valence-corrected chi connectivity index (χ2v) is 8.63. The minimum absolute atomic E-state index is 0.131. The van der Waals surface area contributed by atoms with E-state index in [1.807, 2.05) is 6.07 Å². The van der Waals surface area contributed by atoms with Crippen LogP contribution in [0.2, 0.25) is 0 Å². The third-order valence-electron chi connectivity index (χ3n) is 7.01. The largest absolute Gasteiger partial charge is 0.246 e. The Balaban J connectivity index is 1.54. The van der Waals surface area contributed by atoms with Gasteiger partial charge in [-0.15, -0.1) is 0 Å². The molecule has 2 fully saturated rings. The highest BCUT2D eigenvalue weighted by atomic mass is 19.1. The molecule has 0 radical (unpaired) electrons. The molecule has 0 amide bonds. The van der Waals surface area contributed by atoms with E-state index in [-0.39, 0.29) is 5.56 Å². The van der Waals surface area contributed by atoms with E-state index >= 15 is 0 Å². The minimum Gasteiger partial charge on any atom is -0.246 e. The maximum Gasteiger partial charge on any atom is 0.133 e. The molecule has 150 valence electrons. The number of alkyl halides is 1. The lowest BCUT2D eigenvalue weighted by Crippen LogP contribution is -2.25. The lowest BCUT2D eigenvalue weighted by Gasteiger charge is -2.38. The van der Waals surface area contributed by atoms with Crippen molar-refractivity contribution in [2.24, 2.45) is 17.8 Å². The molecule has 27 heavy (non-hydrogen) atoms. The predicted octanol–water partition coefficient (Wildman–Crippen LogP) is 7.99. The van der Waals surface area contributed by atoms with Gasteiger partial charge in [0.05, 0.1) is 0 Å². The molecular formula is C24H33F3. The van der Waals surface area contributed by atoms with Gasteiger partial charge in [0, 0.05) is 5.56 Å². The molecule has 2 aliphatic carbocycles. The van der Waals surface area contributed by atoms with Crippen LogP contribution in [0.15, 0.2) is 24.3 Å². The first-order valence-electron chi connectivity index (χ1n) is 10.8. The van der Waals surface area contributed by atoms with E-state index in [4.69, 9.17) is 0 Å². The van der Waals surface area contributed by atoms with Crippen LogP contribution < -0.4 is 0 Å². The van der Waals surface area contributed by atoms with Crippen LogP contribution in [0.5, 0.6) is 0 Å². The summed E-state index contributed by atoms with van der Waals surface area (Å²) in [5, 5.41) is 0. The molecule has 0 saturated heterocycles. The molecule has 0 atom stereocenters. The highest BCUT2D eigenvalue weighted by Gasteiger charge is 2.31. The number of hydrogen-bond donors (Lipinski definition) is 0. The summed E-state index contributed by atoms with van der Waals surface area (Å²) in [5.41, 5.74) is 0.836. The fourth-order valence-corrected chi connectivity index (χ4v) is 5.44. The molecule has 2 aliphatic rings. The van der Waals surface area contributed by atoms with Crippen molar-refractivity contribution < 1.29 is 13.2 Å². The van der Waals surface area contributed by atoms with Crippen LogP contribution in [0.25, 0.3) is 5.83 Å². The molecule has 3 heteroatoms. The van der Waals surface area contributed by atoms with E-state index in [1.165, 1.54) is 63.5 Å². The monoisotopic (exact) mass is 378 g/mol. The molecule has 0 spiro atoms. The molecule has 2 saturated carbocycles. The summed E-state index contributed by atoms with van der Waals surface area (Å²) in [6.07, 6.45) is 13.7. The van der Waals surface area contributed by atoms with Gasteiger partial charge in [0.2, 0.25) is 0 Å². The summed E-state index contributed by atoms with van der Waals surface area (Å²) < 4.78 is 40.2. The van der Waals surface area contributed by atoms with Crippen LogP contribution >= 0.6 is 0 Å². The summed E-state index contributed by atoms with van der Waals surface area (Å²) in [5.74, 6) is 1.65. The fraction of sp³-hybridized carbons (Fsp3) is 0.667. The third kappa shape index (κ3) is 5.18. The molecule has 0 bridgehead atoms. The van der Waals surface area contributed by atoms with Crippen LogP contribution in [-0.4, -0.2) is 6.67 Å². The molecule has 3 rings (SSSR count). The lowest BCUT2D eigenvalue weighted by atomic mass is 9.68. The Bertz CT molecular complexity index is 621. The van der Waals surface area contributed by atoms with Gasteiger partial charge >= 0.3 is 0 Å². The number of halogens is 3. The first kappa shape index (κ1) is 20.5. The van der Waals surface area contributed by atoms with Crippen LogP contribution in [-0.2, 0) is 0 Å². The molecule has 0 aliphatic heterocycles. The highest BCUT2D eigenvalue weighted by molar-refractivity contribution is 5.60. The lowest BCUT2D eigenvalue weighted by molar-refractivity contribution is 0.156. The van der Waals surface area contributed by atoms with Crippen molar-refractivity contribution in [2.45, 2.75) is 77.0 Å². The van der Waals surface area contributed by atoms with E-state index in [9.17, 15) is 13.2 Å². The van der Waals surface area contributed by atoms with Gasteiger partial charge in [0.15, 0.2) is 0 Å². The molecule has 1 aromatic rings. The van der Waals surface area contributed by atoms with E-state index in [1.54, 1.807) is 0 Å². The number of rotatable bonds is 6. The topological polar surface area (TPSA) is 0 Å². The Morgan fingerprint density at radius 2 is 1.63 bits per heavy atom. The standard InChI is InChI=1S/C24H33F3/c1-2-3-17-4-6-18(7-5-17)19-8-10-20(11-9-19)21-12-13-22(24(27)16-21)23(26)14-15-25/h12-14,16-20H,2-11,15H2,1H3/b23-14-. The van der Waals surface area contributed by atoms with E-state index in [2.05, 4.69) is 6.92 Å². The van der Waals surface area contributed by atoms with Gasteiger partial charge in [-0.25, -0.2) is 13.2 Å². The van der Waals surface area contributed by atoms with Crippen molar-refractivity contribution in [2.75, 3.05) is 6.67 Å². The first-order valence-corrected chi connectivity index (χ1v) is 10.8. The van der Waals surface area contributed by atoms with E-state index < -0.39 is 18.3 Å². The van der Waals surface area contributed by atoms with Gasteiger partial charge in [-0.2, -0.15) is 0 Å². The zero-order chi connectivity index (χ0) is 19.2. The Hall–Kier alpha value is -1.25. The van der Waals surface area contributed by atoms with Gasteiger partial charge in [0.25, 0.3) is 0 Å². The van der Waals surface area contributed by atoms with E-state index in [0.29, 0.717) is 5.92 Å². The predicted molar refractivity (Wildman–Crippen MR) is 107 cm³/mol. The van der Waals surface area contributed by atoms with Crippen molar-refractivity contribution in [1.29, 1.82) is 0 Å². The van der Waals surface area contributed by atoms with Crippen molar-refractivity contribution in [3.8, 4) is 0 Å². The molecule has 0 nitrogen and oxygen atoms in total. The SMILES string of the molecule is CCCC1CCC(C2CCC(c3ccc(/C(F)=C/CF)c(F)c3)CC2)CC1. The normalized spacial score (nSPS) is 29.7. The Kier molecular flexibility index (Phi) is 7.43. The zero-order valence-corrected chi connectivity index (χ0v) is 16.5. The Morgan fingerprint density at radius 1 is 1.00 bits per heavy atom. The highest BCUT2D eigenvalue weighted by Crippen LogP contribution is 2.44. The molecule has 0 unspecified atom stereocenters. The Morgan fingerprint density at radius 3 is 2.19 bits per heavy atom. The summed E-state index contributed by atoms with van der Waals surface area (Å²) in [6.45, 7) is 1.37. The van der Waals surface area contributed by atoms with Gasteiger partial charge in [-0.1, -0.05) is 38.7 Å². The minimum atomic E-state index is -0.919. The molecule has 0 aromatic heterocycles. The van der Waals surface area contributed by atoms with Crippen LogP contribution in [0.3, 0.4) is 0 Å². The van der Waals surface area contributed by atoms with Crippen molar-refractivity contribution in [1.82, 2.24) is 0 Å². The Labute approximate surface area is 162 Å². The summed E-state index contributed by atoms with van der Waals surface area (Å²) in [6, 6.07) is 4.75. The van der Waals surface area contributed by atoms with Crippen molar-refractivity contribution >= 4 is 5.83 Å². The van der Waals surface area contributed by atoms with Crippen LogP contribution in [0, 0.1) is 23.6 Å². The second kappa shape index (κ2) is 9.80. The average Bonchev–Trinajstić information content (AvgIpc) is 2.69. The van der Waals surface area contributed by atoms with Gasteiger partial charge in [0.1, 0.15) is 18.3 Å². The smallest absolute Gasteiger partial charge is 0.133 e.